The number of methoxy groups -OCH3 is 1. The summed E-state index contributed by atoms with van der Waals surface area (Å²) in [7, 11) is 1.60. The molecule has 1 atom stereocenters. The number of fused-ring (bicyclic) bond motifs is 1. The zero-order valence-electron chi connectivity index (χ0n) is 11.8. The molecule has 0 radical (unpaired) electrons. The normalized spacial score (nSPS) is 12.8. The highest BCUT2D eigenvalue weighted by Gasteiger charge is 2.26. The van der Waals surface area contributed by atoms with Gasteiger partial charge in [-0.2, -0.15) is 0 Å². The molecular weight excluding hydrogens is 278 g/mol. The lowest BCUT2D eigenvalue weighted by atomic mass is 10.0. The van der Waals surface area contributed by atoms with E-state index in [1.165, 1.54) is 0 Å². The fourth-order valence-electron chi connectivity index (χ4n) is 2.41. The summed E-state index contributed by atoms with van der Waals surface area (Å²) in [6.07, 6.45) is 0. The Morgan fingerprint density at radius 3 is 2.70 bits per heavy atom. The summed E-state index contributed by atoms with van der Waals surface area (Å²) in [6.45, 7) is 3.89. The van der Waals surface area contributed by atoms with Gasteiger partial charge in [-0.05, 0) is 18.1 Å². The Kier molecular flexibility index (Phi) is 4.18. The number of amides is 1. The van der Waals surface area contributed by atoms with Crippen molar-refractivity contribution < 1.29 is 9.53 Å². The molecule has 0 saturated heterocycles. The summed E-state index contributed by atoms with van der Waals surface area (Å²) in [6, 6.07) is 5.03. The lowest BCUT2D eigenvalue weighted by Gasteiger charge is -2.21. The zero-order chi connectivity index (χ0) is 14.9. The minimum Gasteiger partial charge on any atom is -0.497 e. The van der Waals surface area contributed by atoms with Crippen molar-refractivity contribution in [2.75, 3.05) is 7.11 Å². The molecule has 0 aliphatic carbocycles. The molecule has 0 aliphatic rings. The Morgan fingerprint density at radius 2 is 2.20 bits per heavy atom. The van der Waals surface area contributed by atoms with E-state index in [-0.39, 0.29) is 11.8 Å². The van der Waals surface area contributed by atoms with E-state index in [1.54, 1.807) is 7.11 Å². The molecular formula is C14H18ClN3O2. The highest BCUT2D eigenvalue weighted by molar-refractivity contribution is 6.17. The van der Waals surface area contributed by atoms with Crippen molar-refractivity contribution in [3.8, 4) is 5.75 Å². The number of hydrogen-bond donors (Lipinski definition) is 1. The molecule has 0 bridgehead atoms. The van der Waals surface area contributed by atoms with Gasteiger partial charge in [-0.1, -0.05) is 13.8 Å². The van der Waals surface area contributed by atoms with E-state index in [2.05, 4.69) is 4.98 Å². The third-order valence-electron chi connectivity index (χ3n) is 3.29. The standard InChI is InChI=1S/C14H18ClN3O2/c1-8(2)13(14(16)19)18-11-6-9(20-3)4-5-10(11)17-12(18)7-15/h4-6,8,13H,7H2,1-3H3,(H2,16,19). The number of hydrogen-bond acceptors (Lipinski definition) is 3. The minimum atomic E-state index is -0.485. The number of rotatable bonds is 5. The largest absolute Gasteiger partial charge is 0.497 e. The Balaban J connectivity index is 2.73. The SMILES string of the molecule is COc1ccc2nc(CCl)n(C(C(N)=O)C(C)C)c2c1. The van der Waals surface area contributed by atoms with Crippen LogP contribution in [0.3, 0.4) is 0 Å². The lowest BCUT2D eigenvalue weighted by molar-refractivity contribution is -0.122. The average Bonchev–Trinajstić information content (AvgIpc) is 2.76. The number of ether oxygens (including phenoxy) is 1. The predicted molar refractivity (Wildman–Crippen MR) is 78.9 cm³/mol. The second-order valence-electron chi connectivity index (χ2n) is 4.98. The summed E-state index contributed by atoms with van der Waals surface area (Å²) in [5.74, 6) is 1.19. The molecule has 1 heterocycles. The number of aromatic nitrogens is 2. The van der Waals surface area contributed by atoms with Gasteiger partial charge in [-0.3, -0.25) is 4.79 Å². The van der Waals surface area contributed by atoms with E-state index in [1.807, 2.05) is 36.6 Å². The molecule has 2 aromatic rings. The number of benzene rings is 1. The summed E-state index contributed by atoms with van der Waals surface area (Å²) in [4.78, 5) is 16.3. The van der Waals surface area contributed by atoms with Crippen LogP contribution in [-0.2, 0) is 10.7 Å². The number of nitrogens with two attached hydrogens (primary N) is 1. The van der Waals surface area contributed by atoms with Crippen LogP contribution in [0, 0.1) is 5.92 Å². The third-order valence-corrected chi connectivity index (χ3v) is 3.53. The Labute approximate surface area is 122 Å². The number of imidazole rings is 1. The van der Waals surface area contributed by atoms with Crippen molar-refractivity contribution in [3.05, 3.63) is 24.0 Å². The number of nitrogens with zero attached hydrogens (tertiary/aromatic N) is 2. The topological polar surface area (TPSA) is 70.1 Å². The van der Waals surface area contributed by atoms with Crippen LogP contribution >= 0.6 is 11.6 Å². The van der Waals surface area contributed by atoms with Crippen molar-refractivity contribution in [3.63, 3.8) is 0 Å². The van der Waals surface area contributed by atoms with E-state index < -0.39 is 11.9 Å². The van der Waals surface area contributed by atoms with Crippen LogP contribution in [0.5, 0.6) is 5.75 Å². The molecule has 0 spiro atoms. The molecule has 2 N–H and O–H groups in total. The van der Waals surface area contributed by atoms with E-state index >= 15 is 0 Å². The van der Waals surface area contributed by atoms with E-state index in [0.717, 1.165) is 11.0 Å². The monoisotopic (exact) mass is 295 g/mol. The summed E-state index contributed by atoms with van der Waals surface area (Å²) in [5, 5.41) is 0. The Morgan fingerprint density at radius 1 is 1.50 bits per heavy atom. The molecule has 0 saturated carbocycles. The van der Waals surface area contributed by atoms with E-state index in [4.69, 9.17) is 22.1 Å². The zero-order valence-corrected chi connectivity index (χ0v) is 12.5. The van der Waals surface area contributed by atoms with Crippen LogP contribution < -0.4 is 10.5 Å². The molecule has 6 heteroatoms. The highest BCUT2D eigenvalue weighted by atomic mass is 35.5. The summed E-state index contributed by atoms with van der Waals surface area (Å²) >= 11 is 5.96. The van der Waals surface area contributed by atoms with Crippen molar-refractivity contribution in [1.29, 1.82) is 0 Å². The van der Waals surface area contributed by atoms with Gasteiger partial charge in [0.05, 0.1) is 24.0 Å². The highest BCUT2D eigenvalue weighted by Crippen LogP contribution is 2.29. The molecule has 0 fully saturated rings. The molecule has 1 aromatic carbocycles. The molecule has 1 amide bonds. The van der Waals surface area contributed by atoms with Crippen molar-refractivity contribution >= 4 is 28.5 Å². The fourth-order valence-corrected chi connectivity index (χ4v) is 2.60. The second kappa shape index (κ2) is 5.71. The van der Waals surface area contributed by atoms with Crippen LogP contribution in [0.2, 0.25) is 0 Å². The fraction of sp³-hybridized carbons (Fsp3) is 0.429. The van der Waals surface area contributed by atoms with Crippen molar-refractivity contribution in [2.24, 2.45) is 11.7 Å². The van der Waals surface area contributed by atoms with Gasteiger partial charge in [0.1, 0.15) is 17.6 Å². The first-order valence-corrected chi connectivity index (χ1v) is 6.93. The van der Waals surface area contributed by atoms with Gasteiger partial charge in [0, 0.05) is 6.07 Å². The van der Waals surface area contributed by atoms with Crippen LogP contribution in [-0.4, -0.2) is 22.6 Å². The first-order valence-electron chi connectivity index (χ1n) is 6.39. The first kappa shape index (κ1) is 14.7. The smallest absolute Gasteiger partial charge is 0.240 e. The predicted octanol–water partition coefficient (Wildman–Crippen LogP) is 2.47. The van der Waals surface area contributed by atoms with Gasteiger partial charge in [0.2, 0.25) is 5.91 Å². The van der Waals surface area contributed by atoms with Crippen LogP contribution in [0.4, 0.5) is 0 Å². The van der Waals surface area contributed by atoms with Gasteiger partial charge >= 0.3 is 0 Å². The van der Waals surface area contributed by atoms with Crippen LogP contribution in [0.15, 0.2) is 18.2 Å². The quantitative estimate of drug-likeness (QED) is 0.861. The number of carbonyl (C=O) groups is 1. The lowest BCUT2D eigenvalue weighted by Crippen LogP contribution is -2.31. The van der Waals surface area contributed by atoms with E-state index in [0.29, 0.717) is 11.6 Å². The molecule has 5 nitrogen and oxygen atoms in total. The maximum Gasteiger partial charge on any atom is 0.240 e. The number of alkyl halides is 1. The molecule has 0 aliphatic heterocycles. The Hall–Kier alpha value is -1.75. The van der Waals surface area contributed by atoms with E-state index in [9.17, 15) is 4.79 Å². The third kappa shape index (κ3) is 2.45. The van der Waals surface area contributed by atoms with Gasteiger partial charge in [-0.15, -0.1) is 11.6 Å². The number of halogens is 1. The molecule has 108 valence electrons. The number of carbonyl (C=O) groups excluding carboxylic acids is 1. The van der Waals surface area contributed by atoms with Crippen molar-refractivity contribution in [1.82, 2.24) is 9.55 Å². The molecule has 2 rings (SSSR count). The molecule has 20 heavy (non-hydrogen) atoms. The maximum absolute atomic E-state index is 11.8. The van der Waals surface area contributed by atoms with Crippen LogP contribution in [0.1, 0.15) is 25.7 Å². The molecule has 1 unspecified atom stereocenters. The first-order chi connectivity index (χ1) is 9.49. The number of primary amides is 1. The minimum absolute atomic E-state index is 0.0399. The summed E-state index contributed by atoms with van der Waals surface area (Å²) in [5.41, 5.74) is 7.13. The Bertz CT molecular complexity index is 637. The second-order valence-corrected chi connectivity index (χ2v) is 5.24. The maximum atomic E-state index is 11.8. The van der Waals surface area contributed by atoms with Gasteiger partial charge in [0.15, 0.2) is 0 Å². The van der Waals surface area contributed by atoms with Crippen LogP contribution in [0.25, 0.3) is 11.0 Å². The molecule has 1 aromatic heterocycles. The van der Waals surface area contributed by atoms with Gasteiger partial charge < -0.3 is 15.0 Å². The average molecular weight is 296 g/mol. The van der Waals surface area contributed by atoms with Crippen molar-refractivity contribution in [2.45, 2.75) is 25.8 Å². The van der Waals surface area contributed by atoms with Gasteiger partial charge in [-0.25, -0.2) is 4.98 Å². The summed E-state index contributed by atoms with van der Waals surface area (Å²) < 4.78 is 7.05. The van der Waals surface area contributed by atoms with Gasteiger partial charge in [0.25, 0.3) is 0 Å².